The number of pyridine rings is 1. The van der Waals surface area contributed by atoms with E-state index in [9.17, 15) is 4.39 Å². The van der Waals surface area contributed by atoms with Crippen LogP contribution < -0.4 is 0 Å². The van der Waals surface area contributed by atoms with Crippen molar-refractivity contribution in [1.29, 1.82) is 0 Å². The van der Waals surface area contributed by atoms with E-state index in [-0.39, 0.29) is 5.41 Å². The molecule has 2 aromatic rings. The predicted molar refractivity (Wildman–Crippen MR) is 60.5 cm³/mol. The van der Waals surface area contributed by atoms with Crippen LogP contribution in [0.1, 0.15) is 26.3 Å². The molecule has 16 heavy (non-hydrogen) atoms. The molecule has 3 nitrogen and oxygen atoms in total. The Morgan fingerprint density at radius 3 is 2.50 bits per heavy atom. The summed E-state index contributed by atoms with van der Waals surface area (Å²) in [5.41, 5.74) is 2.42. The summed E-state index contributed by atoms with van der Waals surface area (Å²) in [6.07, 6.45) is 1.72. The number of nitrogens with one attached hydrogen (secondary N) is 1. The van der Waals surface area contributed by atoms with E-state index in [0.717, 1.165) is 5.56 Å². The zero-order valence-corrected chi connectivity index (χ0v) is 9.58. The summed E-state index contributed by atoms with van der Waals surface area (Å²) >= 11 is 0. The third-order valence-corrected chi connectivity index (χ3v) is 2.43. The highest BCUT2D eigenvalue weighted by molar-refractivity contribution is 5.54. The van der Waals surface area contributed by atoms with Gasteiger partial charge < -0.3 is 0 Å². The van der Waals surface area contributed by atoms with Gasteiger partial charge in [-0.25, -0.2) is 0 Å². The van der Waals surface area contributed by atoms with E-state index in [1.165, 1.54) is 6.07 Å². The first-order chi connectivity index (χ1) is 7.47. The summed E-state index contributed by atoms with van der Waals surface area (Å²) < 4.78 is 12.8. The van der Waals surface area contributed by atoms with E-state index in [1.807, 2.05) is 12.1 Å². The molecule has 2 rings (SSSR count). The van der Waals surface area contributed by atoms with Gasteiger partial charge in [-0.2, -0.15) is 9.49 Å². The molecule has 84 valence electrons. The van der Waals surface area contributed by atoms with Gasteiger partial charge >= 0.3 is 0 Å². The van der Waals surface area contributed by atoms with Crippen molar-refractivity contribution in [2.24, 2.45) is 0 Å². The standard InChI is InChI=1S/C12H14FN3/c1-12(2,3)8-4-5-14-9(6-8)10-7-11(13)16-15-10/h4-7H,1-3H3,(H,15,16). The van der Waals surface area contributed by atoms with E-state index in [2.05, 4.69) is 36.0 Å². The summed E-state index contributed by atoms with van der Waals surface area (Å²) in [6, 6.07) is 5.25. The second-order valence-corrected chi connectivity index (χ2v) is 4.78. The average molecular weight is 219 g/mol. The Labute approximate surface area is 93.7 Å². The highest BCUT2D eigenvalue weighted by atomic mass is 19.1. The Hall–Kier alpha value is -1.71. The Bertz CT molecular complexity index is 497. The van der Waals surface area contributed by atoms with Crippen LogP contribution in [0.4, 0.5) is 4.39 Å². The van der Waals surface area contributed by atoms with Gasteiger partial charge in [-0.05, 0) is 23.1 Å². The van der Waals surface area contributed by atoms with Crippen LogP contribution in [0, 0.1) is 5.95 Å². The summed E-state index contributed by atoms with van der Waals surface area (Å²) in [7, 11) is 0. The van der Waals surface area contributed by atoms with Gasteiger partial charge in [0.1, 0.15) is 5.69 Å². The first-order valence-electron chi connectivity index (χ1n) is 5.14. The van der Waals surface area contributed by atoms with E-state index >= 15 is 0 Å². The van der Waals surface area contributed by atoms with Gasteiger partial charge in [-0.1, -0.05) is 20.8 Å². The van der Waals surface area contributed by atoms with E-state index in [0.29, 0.717) is 11.4 Å². The molecule has 0 unspecified atom stereocenters. The fourth-order valence-corrected chi connectivity index (χ4v) is 1.47. The number of aromatic nitrogens is 3. The Balaban J connectivity index is 2.44. The third-order valence-electron chi connectivity index (χ3n) is 2.43. The van der Waals surface area contributed by atoms with Gasteiger partial charge in [-0.3, -0.25) is 10.1 Å². The number of halogens is 1. The van der Waals surface area contributed by atoms with Gasteiger partial charge in [0.15, 0.2) is 0 Å². The van der Waals surface area contributed by atoms with Crippen molar-refractivity contribution in [2.75, 3.05) is 0 Å². The van der Waals surface area contributed by atoms with Crippen LogP contribution in [-0.4, -0.2) is 15.2 Å². The normalized spacial score (nSPS) is 11.8. The molecule has 0 bridgehead atoms. The minimum atomic E-state index is -0.446. The maximum absolute atomic E-state index is 12.8. The largest absolute Gasteiger partial charge is 0.255 e. The van der Waals surface area contributed by atoms with Crippen LogP contribution in [0.2, 0.25) is 0 Å². The minimum Gasteiger partial charge on any atom is -0.255 e. The number of hydrogen-bond acceptors (Lipinski definition) is 2. The quantitative estimate of drug-likeness (QED) is 0.801. The topological polar surface area (TPSA) is 41.6 Å². The van der Waals surface area contributed by atoms with E-state index in [4.69, 9.17) is 0 Å². The molecule has 0 spiro atoms. The lowest BCUT2D eigenvalue weighted by Crippen LogP contribution is -2.11. The fraction of sp³-hybridized carbons (Fsp3) is 0.333. The molecule has 0 aliphatic heterocycles. The van der Waals surface area contributed by atoms with Crippen molar-refractivity contribution in [3.63, 3.8) is 0 Å². The maximum atomic E-state index is 12.8. The lowest BCUT2D eigenvalue weighted by molar-refractivity contribution is 0.579. The Morgan fingerprint density at radius 2 is 1.94 bits per heavy atom. The molecular formula is C12H14FN3. The van der Waals surface area contributed by atoms with Gasteiger partial charge in [0.05, 0.1) is 5.69 Å². The van der Waals surface area contributed by atoms with Crippen LogP contribution in [0.25, 0.3) is 11.4 Å². The number of H-pyrrole nitrogens is 1. The van der Waals surface area contributed by atoms with Gasteiger partial charge in [0.25, 0.3) is 0 Å². The van der Waals surface area contributed by atoms with Crippen molar-refractivity contribution >= 4 is 0 Å². The minimum absolute atomic E-state index is 0.0482. The van der Waals surface area contributed by atoms with E-state index < -0.39 is 5.95 Å². The van der Waals surface area contributed by atoms with Crippen molar-refractivity contribution in [3.8, 4) is 11.4 Å². The second-order valence-electron chi connectivity index (χ2n) is 4.78. The van der Waals surface area contributed by atoms with Crippen molar-refractivity contribution < 1.29 is 4.39 Å². The SMILES string of the molecule is CC(C)(C)c1ccnc(-c2cc(F)[nH]n2)c1. The van der Waals surface area contributed by atoms with Gasteiger partial charge in [0.2, 0.25) is 5.95 Å². The first kappa shape index (κ1) is 10.8. The fourth-order valence-electron chi connectivity index (χ4n) is 1.47. The van der Waals surface area contributed by atoms with E-state index in [1.54, 1.807) is 6.20 Å². The van der Waals surface area contributed by atoms with Gasteiger partial charge in [0, 0.05) is 12.3 Å². The molecule has 1 N–H and O–H groups in total. The molecule has 2 aromatic heterocycles. The summed E-state index contributed by atoms with van der Waals surface area (Å²) in [6.45, 7) is 6.37. The number of nitrogens with zero attached hydrogens (tertiary/aromatic N) is 2. The maximum Gasteiger partial charge on any atom is 0.209 e. The first-order valence-corrected chi connectivity index (χ1v) is 5.14. The van der Waals surface area contributed by atoms with Crippen molar-refractivity contribution in [1.82, 2.24) is 15.2 Å². The predicted octanol–water partition coefficient (Wildman–Crippen LogP) is 2.91. The molecule has 0 atom stereocenters. The van der Waals surface area contributed by atoms with Crippen LogP contribution >= 0.6 is 0 Å². The smallest absolute Gasteiger partial charge is 0.209 e. The summed E-state index contributed by atoms with van der Waals surface area (Å²) in [4.78, 5) is 4.19. The molecule has 0 saturated heterocycles. The monoisotopic (exact) mass is 219 g/mol. The average Bonchev–Trinajstić information content (AvgIpc) is 2.64. The molecule has 0 aliphatic carbocycles. The highest BCUT2D eigenvalue weighted by Gasteiger charge is 2.15. The number of aromatic amines is 1. The highest BCUT2D eigenvalue weighted by Crippen LogP contribution is 2.25. The lowest BCUT2D eigenvalue weighted by Gasteiger charge is -2.18. The number of hydrogen-bond donors (Lipinski definition) is 1. The molecule has 0 amide bonds. The summed E-state index contributed by atoms with van der Waals surface area (Å²) in [5.74, 6) is -0.446. The molecule has 0 aromatic carbocycles. The second kappa shape index (κ2) is 3.70. The zero-order chi connectivity index (χ0) is 11.8. The summed E-state index contributed by atoms with van der Waals surface area (Å²) in [5, 5.41) is 6.12. The molecule has 4 heteroatoms. The van der Waals surface area contributed by atoms with Crippen LogP contribution in [0.5, 0.6) is 0 Å². The lowest BCUT2D eigenvalue weighted by atomic mass is 9.87. The van der Waals surface area contributed by atoms with Crippen LogP contribution in [-0.2, 0) is 5.41 Å². The van der Waals surface area contributed by atoms with Crippen molar-refractivity contribution in [3.05, 3.63) is 35.9 Å². The molecule has 2 heterocycles. The van der Waals surface area contributed by atoms with Crippen LogP contribution in [0.3, 0.4) is 0 Å². The zero-order valence-electron chi connectivity index (χ0n) is 9.58. The molecular weight excluding hydrogens is 205 g/mol. The third kappa shape index (κ3) is 2.10. The molecule has 0 aliphatic rings. The molecule has 0 radical (unpaired) electrons. The number of rotatable bonds is 1. The van der Waals surface area contributed by atoms with Crippen LogP contribution in [0.15, 0.2) is 24.4 Å². The molecule has 0 fully saturated rings. The van der Waals surface area contributed by atoms with Crippen molar-refractivity contribution in [2.45, 2.75) is 26.2 Å². The molecule has 0 saturated carbocycles. The van der Waals surface area contributed by atoms with Gasteiger partial charge in [-0.15, -0.1) is 0 Å². The Morgan fingerprint density at radius 1 is 1.19 bits per heavy atom. The Kier molecular flexibility index (Phi) is 2.50.